The zero-order chi connectivity index (χ0) is 13.8. The minimum atomic E-state index is -0.278. The molecule has 0 bridgehead atoms. The van der Waals surface area contributed by atoms with Crippen LogP contribution in [0.3, 0.4) is 0 Å². The molecule has 5 heteroatoms. The van der Waals surface area contributed by atoms with Crippen LogP contribution in [0, 0.1) is 5.82 Å². The largest absolute Gasteiger partial charge is 0.315 e. The molecular weight excluding hydrogens is 283 g/mol. The molecule has 1 aliphatic heterocycles. The summed E-state index contributed by atoms with van der Waals surface area (Å²) in [5.74, 6) is 2.04. The number of hydrogen-bond acceptors (Lipinski definition) is 3. The maximum absolute atomic E-state index is 13.1. The van der Waals surface area contributed by atoms with Crippen LogP contribution in [0.15, 0.2) is 18.2 Å². The van der Waals surface area contributed by atoms with Crippen LogP contribution in [-0.2, 0) is 6.42 Å². The average Bonchev–Trinajstić information content (AvgIpc) is 2.39. The Morgan fingerprint density at radius 2 is 2.37 bits per heavy atom. The third-order valence-corrected chi connectivity index (χ3v) is 5.13. The van der Waals surface area contributed by atoms with Crippen molar-refractivity contribution in [3.8, 4) is 0 Å². The van der Waals surface area contributed by atoms with Crippen molar-refractivity contribution in [2.45, 2.75) is 18.5 Å². The lowest BCUT2D eigenvalue weighted by Crippen LogP contribution is -2.52. The molecule has 1 heterocycles. The van der Waals surface area contributed by atoms with Crippen molar-refractivity contribution < 1.29 is 4.39 Å². The predicted octanol–water partition coefficient (Wildman–Crippen LogP) is 2.66. The number of likely N-dealkylation sites (N-methyl/N-ethyl adjacent to an activating group) is 2. The zero-order valence-corrected chi connectivity index (χ0v) is 12.9. The molecule has 1 aromatic rings. The topological polar surface area (TPSA) is 15.3 Å². The van der Waals surface area contributed by atoms with Crippen molar-refractivity contribution in [1.82, 2.24) is 10.2 Å². The molecule has 0 amide bonds. The fraction of sp³-hybridized carbons (Fsp3) is 0.571. The maximum Gasteiger partial charge on any atom is 0.124 e. The second kappa shape index (κ2) is 6.93. The van der Waals surface area contributed by atoms with Crippen LogP contribution in [-0.4, -0.2) is 49.1 Å². The van der Waals surface area contributed by atoms with E-state index in [0.29, 0.717) is 17.1 Å². The zero-order valence-electron chi connectivity index (χ0n) is 11.3. The molecule has 0 saturated carbocycles. The molecule has 1 N–H and O–H groups in total. The number of thioether (sulfide) groups is 1. The molecule has 1 fully saturated rings. The summed E-state index contributed by atoms with van der Waals surface area (Å²) in [5, 5.41) is 3.90. The van der Waals surface area contributed by atoms with E-state index in [9.17, 15) is 4.39 Å². The number of nitrogens with zero attached hydrogens (tertiary/aromatic N) is 1. The fourth-order valence-corrected chi connectivity index (χ4v) is 4.04. The van der Waals surface area contributed by atoms with E-state index in [0.717, 1.165) is 24.3 Å². The monoisotopic (exact) mass is 302 g/mol. The summed E-state index contributed by atoms with van der Waals surface area (Å²) in [7, 11) is 4.15. The standard InChI is InChI=1S/C14H20ClFN2S/c1-17-13(14-9-19-6-5-18(14)2)7-10-3-4-11(16)8-12(10)15/h3-4,8,13-14,17H,5-7,9H2,1-2H3. The molecule has 0 spiro atoms. The van der Waals surface area contributed by atoms with Crippen LogP contribution in [0.1, 0.15) is 5.56 Å². The molecule has 2 rings (SSSR count). The van der Waals surface area contributed by atoms with Crippen molar-refractivity contribution in [2.75, 3.05) is 32.1 Å². The Hall–Kier alpha value is -0.290. The predicted molar refractivity (Wildman–Crippen MR) is 81.7 cm³/mol. The molecule has 1 aliphatic rings. The summed E-state index contributed by atoms with van der Waals surface area (Å²) in [6.45, 7) is 1.12. The van der Waals surface area contributed by atoms with E-state index in [1.54, 1.807) is 6.07 Å². The molecule has 106 valence electrons. The van der Waals surface area contributed by atoms with Gasteiger partial charge in [-0.3, -0.25) is 0 Å². The van der Waals surface area contributed by atoms with Gasteiger partial charge in [0.1, 0.15) is 5.82 Å². The summed E-state index contributed by atoms with van der Waals surface area (Å²) < 4.78 is 13.1. The Bertz CT molecular complexity index is 430. The smallest absolute Gasteiger partial charge is 0.124 e. The number of hydrogen-bond donors (Lipinski definition) is 1. The van der Waals surface area contributed by atoms with Gasteiger partial charge in [-0.15, -0.1) is 0 Å². The van der Waals surface area contributed by atoms with Crippen LogP contribution in [0.5, 0.6) is 0 Å². The summed E-state index contributed by atoms with van der Waals surface area (Å²) >= 11 is 8.11. The third kappa shape index (κ3) is 3.85. The lowest BCUT2D eigenvalue weighted by molar-refractivity contribution is 0.219. The fourth-order valence-electron chi connectivity index (χ4n) is 2.48. The van der Waals surface area contributed by atoms with Gasteiger partial charge in [-0.25, -0.2) is 4.39 Å². The van der Waals surface area contributed by atoms with Crippen molar-refractivity contribution in [1.29, 1.82) is 0 Å². The van der Waals surface area contributed by atoms with Gasteiger partial charge < -0.3 is 10.2 Å². The number of benzene rings is 1. The van der Waals surface area contributed by atoms with Crippen LogP contribution in [0.25, 0.3) is 0 Å². The summed E-state index contributed by atoms with van der Waals surface area (Å²) in [5.41, 5.74) is 1.01. The maximum atomic E-state index is 13.1. The van der Waals surface area contributed by atoms with E-state index >= 15 is 0 Å². The first-order valence-electron chi connectivity index (χ1n) is 6.51. The molecule has 0 aromatic heterocycles. The molecule has 0 aliphatic carbocycles. The van der Waals surface area contributed by atoms with Crippen molar-refractivity contribution in [2.24, 2.45) is 0 Å². The summed E-state index contributed by atoms with van der Waals surface area (Å²) in [6, 6.07) is 5.49. The van der Waals surface area contributed by atoms with E-state index in [2.05, 4.69) is 17.3 Å². The Morgan fingerprint density at radius 3 is 3.00 bits per heavy atom. The van der Waals surface area contributed by atoms with Gasteiger partial charge in [0.25, 0.3) is 0 Å². The second-order valence-corrected chi connectivity index (χ2v) is 6.51. The van der Waals surface area contributed by atoms with Gasteiger partial charge >= 0.3 is 0 Å². The first kappa shape index (κ1) is 15.1. The van der Waals surface area contributed by atoms with Crippen molar-refractivity contribution in [3.05, 3.63) is 34.6 Å². The Labute approximate surface area is 123 Å². The first-order valence-corrected chi connectivity index (χ1v) is 8.04. The molecular formula is C14H20ClFN2S. The Balaban J connectivity index is 2.09. The molecule has 19 heavy (non-hydrogen) atoms. The first-order chi connectivity index (χ1) is 9.11. The highest BCUT2D eigenvalue weighted by Crippen LogP contribution is 2.23. The number of rotatable bonds is 4. The molecule has 2 nitrogen and oxygen atoms in total. The Morgan fingerprint density at radius 1 is 1.58 bits per heavy atom. The number of halogens is 2. The molecule has 2 unspecified atom stereocenters. The molecule has 1 saturated heterocycles. The van der Waals surface area contributed by atoms with Gasteiger partial charge in [-0.05, 0) is 38.2 Å². The summed E-state index contributed by atoms with van der Waals surface area (Å²) in [6.07, 6.45) is 0.825. The quantitative estimate of drug-likeness (QED) is 0.920. The molecule has 1 aromatic carbocycles. The second-order valence-electron chi connectivity index (χ2n) is 4.96. The lowest BCUT2D eigenvalue weighted by Gasteiger charge is -2.37. The van der Waals surface area contributed by atoms with E-state index in [1.165, 1.54) is 17.9 Å². The van der Waals surface area contributed by atoms with Crippen LogP contribution < -0.4 is 5.32 Å². The lowest BCUT2D eigenvalue weighted by atomic mass is 9.99. The molecule has 0 radical (unpaired) electrons. The van der Waals surface area contributed by atoms with Crippen LogP contribution in [0.4, 0.5) is 4.39 Å². The third-order valence-electron chi connectivity index (χ3n) is 3.73. The van der Waals surface area contributed by atoms with Crippen molar-refractivity contribution in [3.63, 3.8) is 0 Å². The van der Waals surface area contributed by atoms with Gasteiger partial charge in [-0.2, -0.15) is 11.8 Å². The van der Waals surface area contributed by atoms with E-state index in [-0.39, 0.29) is 5.82 Å². The van der Waals surface area contributed by atoms with Crippen LogP contribution >= 0.6 is 23.4 Å². The van der Waals surface area contributed by atoms with Crippen LogP contribution in [0.2, 0.25) is 5.02 Å². The van der Waals surface area contributed by atoms with E-state index in [4.69, 9.17) is 11.6 Å². The van der Waals surface area contributed by atoms with Gasteiger partial charge in [0.2, 0.25) is 0 Å². The summed E-state index contributed by atoms with van der Waals surface area (Å²) in [4.78, 5) is 2.40. The number of nitrogens with one attached hydrogen (secondary N) is 1. The highest BCUT2D eigenvalue weighted by atomic mass is 35.5. The van der Waals surface area contributed by atoms with E-state index < -0.39 is 0 Å². The SMILES string of the molecule is CNC(Cc1ccc(F)cc1Cl)C1CSCCN1C. The van der Waals surface area contributed by atoms with Gasteiger partial charge in [0.05, 0.1) is 0 Å². The Kier molecular flexibility index (Phi) is 5.51. The highest BCUT2D eigenvalue weighted by Gasteiger charge is 2.27. The average molecular weight is 303 g/mol. The molecule has 2 atom stereocenters. The van der Waals surface area contributed by atoms with Gasteiger partial charge in [-0.1, -0.05) is 17.7 Å². The minimum absolute atomic E-state index is 0.278. The minimum Gasteiger partial charge on any atom is -0.315 e. The van der Waals surface area contributed by atoms with E-state index in [1.807, 2.05) is 18.8 Å². The van der Waals surface area contributed by atoms with Gasteiger partial charge in [0.15, 0.2) is 0 Å². The highest BCUT2D eigenvalue weighted by molar-refractivity contribution is 7.99. The van der Waals surface area contributed by atoms with Gasteiger partial charge in [0, 0.05) is 35.2 Å². The normalized spacial score (nSPS) is 22.4. The van der Waals surface area contributed by atoms with Crippen molar-refractivity contribution >= 4 is 23.4 Å².